The predicted octanol–water partition coefficient (Wildman–Crippen LogP) is 3.78. The van der Waals surface area contributed by atoms with Gasteiger partial charge in [-0.2, -0.15) is 0 Å². The SMILES string of the molecule is Cc1cc(N(CC2CC2)C(C)C)c([C@H](C)N)cc1F. The van der Waals surface area contributed by atoms with Crippen LogP contribution in [0, 0.1) is 18.7 Å². The Morgan fingerprint density at radius 1 is 1.32 bits per heavy atom. The van der Waals surface area contributed by atoms with Crippen LogP contribution in [0.5, 0.6) is 0 Å². The van der Waals surface area contributed by atoms with E-state index in [1.54, 1.807) is 6.07 Å². The first-order valence-electron chi connectivity index (χ1n) is 7.22. The van der Waals surface area contributed by atoms with E-state index in [0.717, 1.165) is 23.7 Å². The van der Waals surface area contributed by atoms with E-state index in [1.165, 1.54) is 12.8 Å². The fraction of sp³-hybridized carbons (Fsp3) is 0.625. The Balaban J connectivity index is 2.41. The lowest BCUT2D eigenvalue weighted by Gasteiger charge is -2.32. The zero-order chi connectivity index (χ0) is 14.2. The van der Waals surface area contributed by atoms with Crippen LogP contribution in [0.4, 0.5) is 10.1 Å². The van der Waals surface area contributed by atoms with Gasteiger partial charge in [-0.05, 0) is 69.7 Å². The zero-order valence-electron chi connectivity index (χ0n) is 12.4. The summed E-state index contributed by atoms with van der Waals surface area (Å²) in [5.41, 5.74) is 8.74. The summed E-state index contributed by atoms with van der Waals surface area (Å²) in [6.07, 6.45) is 2.63. The van der Waals surface area contributed by atoms with E-state index in [9.17, 15) is 4.39 Å². The first-order chi connectivity index (χ1) is 8.90. The number of hydrogen-bond acceptors (Lipinski definition) is 2. The molecule has 0 saturated heterocycles. The molecular weight excluding hydrogens is 239 g/mol. The summed E-state index contributed by atoms with van der Waals surface area (Å²) in [5, 5.41) is 0. The highest BCUT2D eigenvalue weighted by Gasteiger charge is 2.27. The van der Waals surface area contributed by atoms with Crippen molar-refractivity contribution >= 4 is 5.69 Å². The quantitative estimate of drug-likeness (QED) is 0.877. The Labute approximate surface area is 115 Å². The summed E-state index contributed by atoms with van der Waals surface area (Å²) in [4.78, 5) is 2.38. The van der Waals surface area contributed by atoms with Crippen LogP contribution in [0.1, 0.15) is 50.8 Å². The Morgan fingerprint density at radius 2 is 1.95 bits per heavy atom. The van der Waals surface area contributed by atoms with Gasteiger partial charge >= 0.3 is 0 Å². The highest BCUT2D eigenvalue weighted by atomic mass is 19.1. The van der Waals surface area contributed by atoms with Crippen molar-refractivity contribution in [2.24, 2.45) is 11.7 Å². The van der Waals surface area contributed by atoms with Crippen LogP contribution in [0.15, 0.2) is 12.1 Å². The van der Waals surface area contributed by atoms with Gasteiger partial charge in [-0.1, -0.05) is 0 Å². The molecule has 0 unspecified atom stereocenters. The molecule has 1 fully saturated rings. The first kappa shape index (κ1) is 14.3. The minimum atomic E-state index is -0.161. The molecule has 0 spiro atoms. The molecule has 0 amide bonds. The fourth-order valence-electron chi connectivity index (χ4n) is 2.46. The third kappa shape index (κ3) is 3.27. The zero-order valence-corrected chi connectivity index (χ0v) is 12.4. The maximum atomic E-state index is 13.8. The Hall–Kier alpha value is -1.09. The highest BCUT2D eigenvalue weighted by Crippen LogP contribution is 2.35. The average molecular weight is 264 g/mol. The summed E-state index contributed by atoms with van der Waals surface area (Å²) in [6.45, 7) is 9.17. The second-order valence-electron chi connectivity index (χ2n) is 6.14. The lowest BCUT2D eigenvalue weighted by Crippen LogP contribution is -2.34. The molecule has 1 aromatic rings. The molecule has 2 rings (SSSR count). The lowest BCUT2D eigenvalue weighted by molar-refractivity contribution is 0.605. The molecule has 1 aromatic carbocycles. The second kappa shape index (κ2) is 5.49. The molecule has 1 aliphatic rings. The topological polar surface area (TPSA) is 29.3 Å². The van der Waals surface area contributed by atoms with E-state index in [-0.39, 0.29) is 11.9 Å². The van der Waals surface area contributed by atoms with Gasteiger partial charge in [0.2, 0.25) is 0 Å². The van der Waals surface area contributed by atoms with Gasteiger partial charge < -0.3 is 10.6 Å². The summed E-state index contributed by atoms with van der Waals surface area (Å²) in [5.74, 6) is 0.639. The summed E-state index contributed by atoms with van der Waals surface area (Å²) in [7, 11) is 0. The van der Waals surface area contributed by atoms with E-state index >= 15 is 0 Å². The van der Waals surface area contributed by atoms with Crippen LogP contribution < -0.4 is 10.6 Å². The molecule has 0 bridgehead atoms. The van der Waals surface area contributed by atoms with E-state index in [2.05, 4.69) is 18.7 Å². The molecule has 106 valence electrons. The van der Waals surface area contributed by atoms with Gasteiger partial charge in [0, 0.05) is 24.3 Å². The minimum absolute atomic E-state index is 0.148. The van der Waals surface area contributed by atoms with Crippen molar-refractivity contribution < 1.29 is 4.39 Å². The molecule has 0 aromatic heterocycles. The standard InChI is InChI=1S/C16H25FN2/c1-10(2)19(9-13-5-6-13)16-7-11(3)15(17)8-14(16)12(4)18/h7-8,10,12-13H,5-6,9,18H2,1-4H3/t12-/m0/s1. The Bertz CT molecular complexity index is 450. The van der Waals surface area contributed by atoms with Crippen LogP contribution in [-0.4, -0.2) is 12.6 Å². The van der Waals surface area contributed by atoms with Crippen molar-refractivity contribution in [1.82, 2.24) is 0 Å². The van der Waals surface area contributed by atoms with Crippen molar-refractivity contribution in [3.05, 3.63) is 29.1 Å². The van der Waals surface area contributed by atoms with Crippen molar-refractivity contribution in [3.8, 4) is 0 Å². The van der Waals surface area contributed by atoms with Crippen LogP contribution in [0.2, 0.25) is 0 Å². The normalized spacial score (nSPS) is 16.8. The van der Waals surface area contributed by atoms with Gasteiger partial charge in [0.05, 0.1) is 0 Å². The fourth-order valence-corrected chi connectivity index (χ4v) is 2.46. The van der Waals surface area contributed by atoms with Crippen LogP contribution in [-0.2, 0) is 0 Å². The minimum Gasteiger partial charge on any atom is -0.369 e. The van der Waals surface area contributed by atoms with E-state index < -0.39 is 0 Å². The summed E-state index contributed by atoms with van der Waals surface area (Å²) < 4.78 is 13.8. The van der Waals surface area contributed by atoms with E-state index in [0.29, 0.717) is 11.6 Å². The first-order valence-corrected chi connectivity index (χ1v) is 7.22. The average Bonchev–Trinajstić information content (AvgIpc) is 3.12. The molecule has 0 radical (unpaired) electrons. The molecule has 19 heavy (non-hydrogen) atoms. The molecule has 2 N–H and O–H groups in total. The monoisotopic (exact) mass is 264 g/mol. The molecule has 2 nitrogen and oxygen atoms in total. The highest BCUT2D eigenvalue weighted by molar-refractivity contribution is 5.57. The van der Waals surface area contributed by atoms with Crippen molar-refractivity contribution in [3.63, 3.8) is 0 Å². The van der Waals surface area contributed by atoms with Crippen LogP contribution in [0.3, 0.4) is 0 Å². The van der Waals surface area contributed by atoms with Gasteiger partial charge in [0.1, 0.15) is 5.82 Å². The maximum Gasteiger partial charge on any atom is 0.126 e. The molecule has 0 heterocycles. The van der Waals surface area contributed by atoms with E-state index in [1.807, 2.05) is 19.9 Å². The smallest absolute Gasteiger partial charge is 0.126 e. The Kier molecular flexibility index (Phi) is 4.14. The Morgan fingerprint density at radius 3 is 2.42 bits per heavy atom. The molecule has 0 aliphatic heterocycles. The molecule has 1 saturated carbocycles. The number of aryl methyl sites for hydroxylation is 1. The van der Waals surface area contributed by atoms with Crippen molar-refractivity contribution in [2.75, 3.05) is 11.4 Å². The lowest BCUT2D eigenvalue weighted by atomic mass is 10.0. The number of halogens is 1. The third-order valence-electron chi connectivity index (χ3n) is 3.88. The van der Waals surface area contributed by atoms with Crippen LogP contribution in [0.25, 0.3) is 0 Å². The third-order valence-corrected chi connectivity index (χ3v) is 3.88. The van der Waals surface area contributed by atoms with Gasteiger partial charge in [-0.3, -0.25) is 0 Å². The van der Waals surface area contributed by atoms with Crippen molar-refractivity contribution in [2.45, 2.75) is 52.6 Å². The number of anilines is 1. The maximum absolute atomic E-state index is 13.8. The number of benzene rings is 1. The predicted molar refractivity (Wildman–Crippen MR) is 78.9 cm³/mol. The summed E-state index contributed by atoms with van der Waals surface area (Å²) in [6, 6.07) is 3.82. The number of nitrogens with zero attached hydrogens (tertiary/aromatic N) is 1. The molecule has 1 aliphatic carbocycles. The number of nitrogens with two attached hydrogens (primary N) is 1. The number of hydrogen-bond donors (Lipinski definition) is 1. The van der Waals surface area contributed by atoms with Crippen LogP contribution >= 0.6 is 0 Å². The molecule has 1 atom stereocenters. The van der Waals surface area contributed by atoms with Gasteiger partial charge in [0.25, 0.3) is 0 Å². The largest absolute Gasteiger partial charge is 0.369 e. The second-order valence-corrected chi connectivity index (χ2v) is 6.14. The number of rotatable bonds is 5. The molecular formula is C16H25FN2. The van der Waals surface area contributed by atoms with Gasteiger partial charge in [0.15, 0.2) is 0 Å². The summed E-state index contributed by atoms with van der Waals surface area (Å²) >= 11 is 0. The van der Waals surface area contributed by atoms with Gasteiger partial charge in [-0.15, -0.1) is 0 Å². The van der Waals surface area contributed by atoms with E-state index in [4.69, 9.17) is 5.73 Å². The molecule has 3 heteroatoms. The van der Waals surface area contributed by atoms with Gasteiger partial charge in [-0.25, -0.2) is 4.39 Å². The van der Waals surface area contributed by atoms with Crippen molar-refractivity contribution in [1.29, 1.82) is 0 Å².